The van der Waals surface area contributed by atoms with Crippen molar-refractivity contribution in [1.29, 1.82) is 0 Å². The molecular weight excluding hydrogens is 240 g/mol. The number of nitrogens with zero attached hydrogens (tertiary/aromatic N) is 2. The van der Waals surface area contributed by atoms with Crippen molar-refractivity contribution in [3.8, 4) is 0 Å². The fraction of sp³-hybridized carbons (Fsp3) is 0.467. The standard InChI is InChI=1S/C15H16N2O2/c1-4-10-11-5-6-15(2,3)14(11)13(17-9-19)7-12(10)16-8-18/h7H,4-6H2,1-3H3. The van der Waals surface area contributed by atoms with E-state index in [1.54, 1.807) is 18.2 Å². The van der Waals surface area contributed by atoms with E-state index in [1.807, 2.05) is 6.92 Å². The Bertz CT molecular complexity index is 620. The largest absolute Gasteiger partial charge is 0.240 e. The Balaban J connectivity index is 2.84. The Morgan fingerprint density at radius 1 is 1.21 bits per heavy atom. The molecule has 0 spiro atoms. The fourth-order valence-electron chi connectivity index (χ4n) is 3.02. The zero-order valence-electron chi connectivity index (χ0n) is 11.4. The van der Waals surface area contributed by atoms with Crippen LogP contribution in [-0.2, 0) is 27.8 Å². The molecule has 1 aliphatic carbocycles. The first kappa shape index (κ1) is 13.4. The molecule has 0 N–H and O–H groups in total. The maximum Gasteiger partial charge on any atom is 0.240 e. The molecule has 0 aliphatic heterocycles. The highest BCUT2D eigenvalue weighted by Gasteiger charge is 2.34. The Hall–Kier alpha value is -2.02. The zero-order valence-corrected chi connectivity index (χ0v) is 11.4. The first-order chi connectivity index (χ1) is 9.05. The third kappa shape index (κ3) is 2.17. The van der Waals surface area contributed by atoms with Crippen molar-refractivity contribution < 1.29 is 9.59 Å². The van der Waals surface area contributed by atoms with Gasteiger partial charge in [0, 0.05) is 0 Å². The molecule has 4 nitrogen and oxygen atoms in total. The van der Waals surface area contributed by atoms with Gasteiger partial charge in [-0.1, -0.05) is 20.8 Å². The summed E-state index contributed by atoms with van der Waals surface area (Å²) < 4.78 is 0. The highest BCUT2D eigenvalue weighted by Crippen LogP contribution is 2.48. The van der Waals surface area contributed by atoms with Gasteiger partial charge in [0.1, 0.15) is 0 Å². The average molecular weight is 256 g/mol. The Morgan fingerprint density at radius 2 is 1.84 bits per heavy atom. The van der Waals surface area contributed by atoms with E-state index < -0.39 is 0 Å². The van der Waals surface area contributed by atoms with Crippen LogP contribution < -0.4 is 0 Å². The third-order valence-electron chi connectivity index (χ3n) is 3.87. The molecule has 0 amide bonds. The van der Waals surface area contributed by atoms with Crippen LogP contribution >= 0.6 is 0 Å². The second kappa shape index (κ2) is 4.93. The Kier molecular flexibility index (Phi) is 3.48. The van der Waals surface area contributed by atoms with Crippen molar-refractivity contribution in [1.82, 2.24) is 0 Å². The van der Waals surface area contributed by atoms with Gasteiger partial charge in [-0.25, -0.2) is 9.59 Å². The molecule has 19 heavy (non-hydrogen) atoms. The minimum Gasteiger partial charge on any atom is -0.211 e. The summed E-state index contributed by atoms with van der Waals surface area (Å²) in [6, 6.07) is 1.69. The molecule has 1 aliphatic rings. The molecule has 4 heteroatoms. The van der Waals surface area contributed by atoms with Gasteiger partial charge in [0.15, 0.2) is 0 Å². The molecule has 0 atom stereocenters. The van der Waals surface area contributed by atoms with Crippen LogP contribution in [0.4, 0.5) is 11.4 Å². The molecule has 0 bridgehead atoms. The van der Waals surface area contributed by atoms with Crippen LogP contribution in [0.2, 0.25) is 0 Å². The smallest absolute Gasteiger partial charge is 0.211 e. The number of hydrogen-bond acceptors (Lipinski definition) is 4. The molecule has 0 radical (unpaired) electrons. The van der Waals surface area contributed by atoms with Crippen LogP contribution in [0.15, 0.2) is 16.1 Å². The Labute approximate surface area is 112 Å². The monoisotopic (exact) mass is 256 g/mol. The van der Waals surface area contributed by atoms with Crippen molar-refractivity contribution in [2.75, 3.05) is 0 Å². The van der Waals surface area contributed by atoms with Gasteiger partial charge in [0.05, 0.1) is 11.4 Å². The highest BCUT2D eigenvalue weighted by atomic mass is 16.1. The minimum absolute atomic E-state index is 0.0155. The van der Waals surface area contributed by atoms with Gasteiger partial charge in [0.25, 0.3) is 0 Å². The van der Waals surface area contributed by atoms with Gasteiger partial charge >= 0.3 is 0 Å². The van der Waals surface area contributed by atoms with Crippen LogP contribution in [0.3, 0.4) is 0 Å². The van der Waals surface area contributed by atoms with Crippen molar-refractivity contribution >= 4 is 23.5 Å². The van der Waals surface area contributed by atoms with Crippen LogP contribution in [0, 0.1) is 0 Å². The first-order valence-corrected chi connectivity index (χ1v) is 6.40. The summed E-state index contributed by atoms with van der Waals surface area (Å²) in [5.41, 5.74) is 4.48. The van der Waals surface area contributed by atoms with E-state index in [0.29, 0.717) is 11.4 Å². The van der Waals surface area contributed by atoms with E-state index in [2.05, 4.69) is 23.8 Å². The molecule has 0 aromatic heterocycles. The lowest BCUT2D eigenvalue weighted by Gasteiger charge is -2.21. The average Bonchev–Trinajstić information content (AvgIpc) is 2.67. The zero-order chi connectivity index (χ0) is 14.0. The van der Waals surface area contributed by atoms with E-state index in [-0.39, 0.29) is 5.41 Å². The highest BCUT2D eigenvalue weighted by molar-refractivity contribution is 5.71. The lowest BCUT2D eigenvalue weighted by molar-refractivity contribution is 0.523. The third-order valence-corrected chi connectivity index (χ3v) is 3.87. The SMILES string of the molecule is CCc1c(N=C=O)cc(N=C=O)c2c1CCC2(C)C. The molecule has 0 heterocycles. The van der Waals surface area contributed by atoms with Gasteiger partial charge in [0.2, 0.25) is 12.2 Å². The number of isocyanates is 2. The van der Waals surface area contributed by atoms with Crippen molar-refractivity contribution in [3.05, 3.63) is 22.8 Å². The van der Waals surface area contributed by atoms with Crippen molar-refractivity contribution in [2.45, 2.75) is 45.4 Å². The first-order valence-electron chi connectivity index (χ1n) is 6.40. The Morgan fingerprint density at radius 3 is 2.42 bits per heavy atom. The molecule has 0 saturated carbocycles. The van der Waals surface area contributed by atoms with E-state index >= 15 is 0 Å². The second-order valence-corrected chi connectivity index (χ2v) is 5.39. The van der Waals surface area contributed by atoms with Gasteiger partial charge < -0.3 is 0 Å². The summed E-state index contributed by atoms with van der Waals surface area (Å²) in [5, 5.41) is 0. The van der Waals surface area contributed by atoms with Gasteiger partial charge in [-0.15, -0.1) is 0 Å². The normalized spacial score (nSPS) is 15.3. The molecule has 98 valence electrons. The second-order valence-electron chi connectivity index (χ2n) is 5.39. The van der Waals surface area contributed by atoms with Crippen LogP contribution in [0.5, 0.6) is 0 Å². The maximum atomic E-state index is 10.6. The minimum atomic E-state index is -0.0155. The fourth-order valence-corrected chi connectivity index (χ4v) is 3.02. The number of fused-ring (bicyclic) bond motifs is 1. The summed E-state index contributed by atoms with van der Waals surface area (Å²) in [6.07, 6.45) is 5.89. The van der Waals surface area contributed by atoms with Gasteiger partial charge in [-0.2, -0.15) is 9.98 Å². The number of rotatable bonds is 3. The molecule has 0 fully saturated rings. The predicted molar refractivity (Wildman–Crippen MR) is 72.7 cm³/mol. The van der Waals surface area contributed by atoms with E-state index in [4.69, 9.17) is 0 Å². The van der Waals surface area contributed by atoms with Crippen LogP contribution in [-0.4, -0.2) is 12.2 Å². The van der Waals surface area contributed by atoms with Crippen molar-refractivity contribution in [2.24, 2.45) is 9.98 Å². The summed E-state index contributed by atoms with van der Waals surface area (Å²) in [7, 11) is 0. The van der Waals surface area contributed by atoms with Gasteiger partial charge in [-0.05, 0) is 47.4 Å². The number of carbonyl (C=O) groups excluding carboxylic acids is 2. The summed E-state index contributed by atoms with van der Waals surface area (Å²) in [4.78, 5) is 28.7. The van der Waals surface area contributed by atoms with E-state index in [9.17, 15) is 9.59 Å². The quantitative estimate of drug-likeness (QED) is 0.614. The predicted octanol–water partition coefficient (Wildman–Crippen LogP) is 3.41. The summed E-state index contributed by atoms with van der Waals surface area (Å²) >= 11 is 0. The molecule has 0 saturated heterocycles. The maximum absolute atomic E-state index is 10.6. The number of aliphatic imine (C=N–C) groups is 2. The van der Waals surface area contributed by atoms with Gasteiger partial charge in [-0.3, -0.25) is 0 Å². The molecule has 1 aromatic carbocycles. The van der Waals surface area contributed by atoms with Crippen molar-refractivity contribution in [3.63, 3.8) is 0 Å². The lowest BCUT2D eigenvalue weighted by Crippen LogP contribution is -2.12. The number of hydrogen-bond donors (Lipinski definition) is 0. The van der Waals surface area contributed by atoms with Crippen LogP contribution in [0.25, 0.3) is 0 Å². The summed E-state index contributed by atoms with van der Waals surface area (Å²) in [6.45, 7) is 6.32. The number of benzene rings is 1. The summed E-state index contributed by atoms with van der Waals surface area (Å²) in [5.74, 6) is 0. The topological polar surface area (TPSA) is 58.9 Å². The van der Waals surface area contributed by atoms with Crippen LogP contribution in [0.1, 0.15) is 43.9 Å². The van der Waals surface area contributed by atoms with E-state index in [1.165, 1.54) is 5.56 Å². The van der Waals surface area contributed by atoms with E-state index in [0.717, 1.165) is 30.4 Å². The molecule has 1 aromatic rings. The molecular formula is C15H16N2O2. The molecule has 2 rings (SSSR count). The molecule has 0 unspecified atom stereocenters. The lowest BCUT2D eigenvalue weighted by atomic mass is 9.84.